The van der Waals surface area contributed by atoms with E-state index in [9.17, 15) is 26.4 Å². The van der Waals surface area contributed by atoms with Gasteiger partial charge in [-0.25, -0.2) is 26.3 Å². The van der Waals surface area contributed by atoms with E-state index in [0.29, 0.717) is 45.4 Å². The van der Waals surface area contributed by atoms with E-state index >= 15 is 0 Å². The van der Waals surface area contributed by atoms with E-state index in [2.05, 4.69) is 26.9 Å². The van der Waals surface area contributed by atoms with E-state index in [1.807, 2.05) is 115 Å². The molecule has 0 spiro atoms. The predicted octanol–water partition coefficient (Wildman–Crippen LogP) is 12.0. The van der Waals surface area contributed by atoms with Crippen molar-refractivity contribution < 1.29 is 26.4 Å². The molecule has 364 valence electrons. The van der Waals surface area contributed by atoms with Gasteiger partial charge in [0.2, 0.25) is 20.0 Å². The Hall–Kier alpha value is -6.45. The molecule has 0 saturated heterocycles. The molecule has 0 bridgehead atoms. The van der Waals surface area contributed by atoms with Crippen LogP contribution >= 0.6 is 34.8 Å². The number of rotatable bonds is 16. The maximum atomic E-state index is 13.4. The van der Waals surface area contributed by atoms with Gasteiger partial charge in [0.1, 0.15) is 0 Å². The zero-order chi connectivity index (χ0) is 50.8. The Bertz CT molecular complexity index is 3260. The van der Waals surface area contributed by atoms with Crippen LogP contribution in [0.1, 0.15) is 43.0 Å². The summed E-state index contributed by atoms with van der Waals surface area (Å²) in [5.74, 6) is -0.158. The Balaban J connectivity index is 0.000000200. The highest BCUT2D eigenvalue weighted by atomic mass is 35.5. The summed E-state index contributed by atoms with van der Waals surface area (Å²) in [6.07, 6.45) is 0. The van der Waals surface area contributed by atoms with Crippen molar-refractivity contribution in [2.45, 2.75) is 36.0 Å². The molecule has 0 atom stereocenters. The third kappa shape index (κ3) is 15.3. The summed E-state index contributed by atoms with van der Waals surface area (Å²) in [6.45, 7) is 2.36. The molecule has 8 rings (SSSR count). The second kappa shape index (κ2) is 26.1. The first-order valence-electron chi connectivity index (χ1n) is 22.2. The SMILES string of the molecule is CNS(=O)(=O)c1ccccc1-c1ccc(CN(Cc2ccccc2)C(=O)c2ccccc2Cl)cc1.CNS(=O)(=O)c1ccccc1-c1ccc(CNCc2ccccc2)cc1.O=C(Cl)c1ccccc1Cl. The summed E-state index contributed by atoms with van der Waals surface area (Å²) in [5, 5.41) is 3.70. The monoisotopic (exact) mass is 1040 g/mol. The Morgan fingerprint density at radius 2 is 0.789 bits per heavy atom. The van der Waals surface area contributed by atoms with Crippen molar-refractivity contribution in [1.29, 1.82) is 0 Å². The standard InChI is InChI=1S/C28H25ClN2O3S.C21H22N2O2S.C7H4Cl2O/c1-30-35(33,34)27-14-8-6-11-24(27)23-17-15-22(16-18-23)20-31(19-21-9-3-2-4-10-21)28(32)25-12-5-7-13-26(25)29;1-22-26(24,25)21-10-6-5-9-20(21)19-13-11-18(12-14-19)16-23-15-17-7-3-2-4-8-17;8-6-4-2-1-3-5(6)7(9)10/h2-18,30H,19-20H2,1H3;2-14,22-23H,15-16H2,1H3;1-4H. The van der Waals surface area contributed by atoms with E-state index in [1.165, 1.54) is 19.7 Å². The van der Waals surface area contributed by atoms with Crippen molar-refractivity contribution in [1.82, 2.24) is 19.7 Å². The molecule has 71 heavy (non-hydrogen) atoms. The number of hydrogen-bond acceptors (Lipinski definition) is 7. The average Bonchev–Trinajstić information content (AvgIpc) is 3.40. The van der Waals surface area contributed by atoms with Gasteiger partial charge in [-0.15, -0.1) is 0 Å². The molecule has 0 heterocycles. The normalized spacial score (nSPS) is 11.1. The molecule has 0 aliphatic heterocycles. The van der Waals surface area contributed by atoms with Gasteiger partial charge in [-0.1, -0.05) is 193 Å². The highest BCUT2D eigenvalue weighted by Gasteiger charge is 2.21. The van der Waals surface area contributed by atoms with Crippen LogP contribution in [-0.2, 0) is 46.2 Å². The third-order valence-corrected chi connectivity index (χ3v) is 14.8. The highest BCUT2D eigenvalue weighted by molar-refractivity contribution is 7.90. The van der Waals surface area contributed by atoms with Gasteiger partial charge in [-0.2, -0.15) is 0 Å². The summed E-state index contributed by atoms with van der Waals surface area (Å²) < 4.78 is 54.1. The molecule has 0 aliphatic carbocycles. The number of sulfonamides is 2. The quantitative estimate of drug-likeness (QED) is 0.0818. The number of carbonyl (C=O) groups is 2. The van der Waals surface area contributed by atoms with Crippen LogP contribution in [-0.4, -0.2) is 47.0 Å². The molecule has 0 saturated carbocycles. The van der Waals surface area contributed by atoms with Crippen LogP contribution < -0.4 is 14.8 Å². The van der Waals surface area contributed by atoms with Crippen LogP contribution in [0.15, 0.2) is 216 Å². The minimum absolute atomic E-state index is 0.158. The zero-order valence-electron chi connectivity index (χ0n) is 38.8. The molecule has 8 aromatic carbocycles. The predicted molar refractivity (Wildman–Crippen MR) is 286 cm³/mol. The molecule has 0 radical (unpaired) electrons. The van der Waals surface area contributed by atoms with Crippen molar-refractivity contribution in [3.8, 4) is 22.3 Å². The molecular weight excluding hydrogens is 995 g/mol. The van der Waals surface area contributed by atoms with Gasteiger partial charge in [-0.3, -0.25) is 9.59 Å². The molecule has 0 aromatic heterocycles. The van der Waals surface area contributed by atoms with E-state index in [1.54, 1.807) is 83.8 Å². The van der Waals surface area contributed by atoms with Crippen molar-refractivity contribution in [3.63, 3.8) is 0 Å². The first-order valence-corrected chi connectivity index (χ1v) is 26.3. The number of benzene rings is 8. The summed E-state index contributed by atoms with van der Waals surface area (Å²) >= 11 is 17.1. The lowest BCUT2D eigenvalue weighted by atomic mass is 10.0. The molecule has 8 aromatic rings. The smallest absolute Gasteiger partial charge is 0.255 e. The number of nitrogens with one attached hydrogen (secondary N) is 3. The van der Waals surface area contributed by atoms with Crippen LogP contribution in [0.2, 0.25) is 10.0 Å². The van der Waals surface area contributed by atoms with Crippen molar-refractivity contribution >= 4 is 66.0 Å². The lowest BCUT2D eigenvalue weighted by Gasteiger charge is -2.24. The van der Waals surface area contributed by atoms with Gasteiger partial charge < -0.3 is 10.2 Å². The molecule has 0 fully saturated rings. The van der Waals surface area contributed by atoms with E-state index < -0.39 is 25.3 Å². The van der Waals surface area contributed by atoms with E-state index in [-0.39, 0.29) is 15.7 Å². The fourth-order valence-corrected chi connectivity index (χ4v) is 9.84. The van der Waals surface area contributed by atoms with Crippen molar-refractivity contribution in [3.05, 3.63) is 250 Å². The first-order chi connectivity index (χ1) is 34.2. The Kier molecular flexibility index (Phi) is 19.8. The molecule has 1 amide bonds. The number of carbonyl (C=O) groups excluding carboxylic acids is 2. The minimum Gasteiger partial charge on any atom is -0.330 e. The van der Waals surface area contributed by atoms with Crippen LogP contribution in [0.3, 0.4) is 0 Å². The topological polar surface area (TPSA) is 142 Å². The summed E-state index contributed by atoms with van der Waals surface area (Å²) in [4.78, 5) is 26.2. The molecule has 0 unspecified atom stereocenters. The van der Waals surface area contributed by atoms with Gasteiger partial charge in [0, 0.05) is 37.3 Å². The first kappa shape index (κ1) is 53.9. The molecule has 15 heteroatoms. The van der Waals surface area contributed by atoms with Gasteiger partial charge in [0.25, 0.3) is 11.1 Å². The lowest BCUT2D eigenvalue weighted by molar-refractivity contribution is 0.0730. The Morgan fingerprint density at radius 3 is 1.21 bits per heavy atom. The number of halogens is 3. The van der Waals surface area contributed by atoms with Gasteiger partial charge in [0.05, 0.1) is 31.0 Å². The summed E-state index contributed by atoms with van der Waals surface area (Å²) in [6, 6.07) is 63.2. The maximum Gasteiger partial charge on any atom is 0.255 e. The third-order valence-electron chi connectivity index (χ3n) is 11.0. The van der Waals surface area contributed by atoms with E-state index in [0.717, 1.165) is 40.9 Å². The molecular formula is C56H51Cl3N4O6S2. The van der Waals surface area contributed by atoms with Crippen LogP contribution in [0.5, 0.6) is 0 Å². The van der Waals surface area contributed by atoms with Crippen molar-refractivity contribution in [2.24, 2.45) is 0 Å². The van der Waals surface area contributed by atoms with Crippen molar-refractivity contribution in [2.75, 3.05) is 14.1 Å². The fraction of sp³-hybridized carbons (Fsp3) is 0.107. The highest BCUT2D eigenvalue weighted by Crippen LogP contribution is 2.29. The average molecular weight is 1050 g/mol. The van der Waals surface area contributed by atoms with Crippen LogP contribution in [0.4, 0.5) is 0 Å². The minimum atomic E-state index is -3.60. The Labute approximate surface area is 431 Å². The second-order valence-electron chi connectivity index (χ2n) is 15.8. The van der Waals surface area contributed by atoms with Gasteiger partial charge in [0.15, 0.2) is 0 Å². The zero-order valence-corrected chi connectivity index (χ0v) is 42.7. The molecule has 10 nitrogen and oxygen atoms in total. The van der Waals surface area contributed by atoms with Crippen LogP contribution in [0.25, 0.3) is 22.3 Å². The fourth-order valence-electron chi connectivity index (χ4n) is 7.29. The Morgan fingerprint density at radius 1 is 0.437 bits per heavy atom. The lowest BCUT2D eigenvalue weighted by Crippen LogP contribution is -2.30. The maximum absolute atomic E-state index is 13.4. The van der Waals surface area contributed by atoms with Gasteiger partial charge >= 0.3 is 0 Å². The number of amides is 1. The summed E-state index contributed by atoms with van der Waals surface area (Å²) in [7, 11) is -4.28. The largest absolute Gasteiger partial charge is 0.330 e. The van der Waals surface area contributed by atoms with Crippen LogP contribution in [0, 0.1) is 0 Å². The molecule has 3 N–H and O–H groups in total. The number of hydrogen-bond donors (Lipinski definition) is 3. The van der Waals surface area contributed by atoms with Gasteiger partial charge in [-0.05, 0) is 95.5 Å². The van der Waals surface area contributed by atoms with E-state index in [4.69, 9.17) is 34.8 Å². The molecule has 0 aliphatic rings. The summed E-state index contributed by atoms with van der Waals surface area (Å²) in [5.41, 5.74) is 8.09. The number of nitrogens with zero attached hydrogens (tertiary/aromatic N) is 1. The second-order valence-corrected chi connectivity index (χ2v) is 20.6.